The number of rotatable bonds is 0. The van der Waals surface area contributed by atoms with Gasteiger partial charge in [-0.3, -0.25) is 0 Å². The third-order valence-corrected chi connectivity index (χ3v) is 0. The largest absolute Gasteiger partial charge is 0.466 e. The molecule has 12 heavy (non-hydrogen) atoms. The average molecular weight is 308 g/mol. The molecule has 0 amide bonds. The topological polar surface area (TPSA) is 156 Å². The van der Waals surface area contributed by atoms with Gasteiger partial charge in [0.05, 0.1) is 0 Å². The Hall–Kier alpha value is 1.26. The Kier molecular flexibility index (Phi) is 17.1. The first-order chi connectivity index (χ1) is 4.00. The van der Waals surface area contributed by atoms with E-state index in [1.807, 2.05) is 0 Å². The third-order valence-electron chi connectivity index (χ3n) is 0. The van der Waals surface area contributed by atoms with Gasteiger partial charge in [-0.25, -0.2) is 9.13 Å². The van der Waals surface area contributed by atoms with Crippen LogP contribution < -0.4 is 0 Å². The van der Waals surface area contributed by atoms with Gasteiger partial charge >= 0.3 is 15.6 Å². The van der Waals surface area contributed by atoms with E-state index in [1.165, 1.54) is 0 Å². The minimum absolute atomic E-state index is 0. The van der Waals surface area contributed by atoms with Gasteiger partial charge in [-0.05, 0) is 0 Å². The summed E-state index contributed by atoms with van der Waals surface area (Å²) in [7, 11) is -9.28. The van der Waals surface area contributed by atoms with E-state index >= 15 is 0 Å². The van der Waals surface area contributed by atoms with Crippen LogP contribution in [0.15, 0.2) is 0 Å². The fourth-order valence-electron chi connectivity index (χ4n) is 0. The first-order valence-electron chi connectivity index (χ1n) is 1.57. The zero-order valence-corrected chi connectivity index (χ0v) is 9.10. The maximum Gasteiger partial charge on any atom is 0.466 e. The molecule has 8 nitrogen and oxygen atoms in total. The number of hydrogen-bond donors (Lipinski definition) is 6. The Morgan fingerprint density at radius 1 is 0.583 bits per heavy atom. The van der Waals surface area contributed by atoms with Crippen LogP contribution in [0.25, 0.3) is 0 Å². The van der Waals surface area contributed by atoms with E-state index in [0.29, 0.717) is 0 Å². The van der Waals surface area contributed by atoms with Crippen molar-refractivity contribution in [1.82, 2.24) is 0 Å². The summed E-state index contributed by atoms with van der Waals surface area (Å²) in [6.07, 6.45) is 0. The predicted molar refractivity (Wildman–Crippen MR) is 28.5 cm³/mol. The predicted octanol–water partition coefficient (Wildman–Crippen LogP) is -1.86. The average Bonchev–Trinajstić information content (AvgIpc) is 1.12. The van der Waals surface area contributed by atoms with Crippen molar-refractivity contribution >= 4 is 15.6 Å². The van der Waals surface area contributed by atoms with Crippen molar-refractivity contribution in [2.75, 3.05) is 0 Å². The first-order valence-corrected chi connectivity index (χ1v) is 4.70. The maximum atomic E-state index is 8.88. The van der Waals surface area contributed by atoms with E-state index in [1.54, 1.807) is 0 Å². The molecule has 0 bridgehead atoms. The molecule has 0 spiro atoms. The Morgan fingerprint density at radius 2 is 0.583 bits per heavy atom. The van der Waals surface area contributed by atoms with Gasteiger partial charge in [-0.15, -0.1) is 0 Å². The van der Waals surface area contributed by atoms with Gasteiger partial charge in [0, 0.05) is 34.1 Å². The van der Waals surface area contributed by atoms with Crippen LogP contribution in [0.2, 0.25) is 0 Å². The third kappa shape index (κ3) is 748. The van der Waals surface area contributed by atoms with Crippen LogP contribution in [-0.2, 0) is 43.3 Å². The van der Waals surface area contributed by atoms with Crippen LogP contribution in [0.4, 0.5) is 0 Å². The van der Waals surface area contributed by atoms with Gasteiger partial charge in [0.25, 0.3) is 0 Å². The van der Waals surface area contributed by atoms with Crippen molar-refractivity contribution in [2.45, 2.75) is 0 Å². The summed E-state index contributed by atoms with van der Waals surface area (Å²) >= 11 is 0. The van der Waals surface area contributed by atoms with E-state index in [0.717, 1.165) is 0 Å². The maximum absolute atomic E-state index is 8.88. The van der Waals surface area contributed by atoms with Crippen LogP contribution in [-0.4, -0.2) is 29.4 Å². The summed E-state index contributed by atoms with van der Waals surface area (Å²) in [6, 6.07) is 0. The summed E-state index contributed by atoms with van der Waals surface area (Å²) in [4.78, 5) is 43.1. The van der Waals surface area contributed by atoms with E-state index in [4.69, 9.17) is 38.5 Å². The van der Waals surface area contributed by atoms with E-state index in [2.05, 4.69) is 0 Å². The van der Waals surface area contributed by atoms with E-state index < -0.39 is 15.6 Å². The van der Waals surface area contributed by atoms with Crippen molar-refractivity contribution in [2.24, 2.45) is 0 Å². The molecule has 6 N–H and O–H groups in total. The monoisotopic (exact) mass is 308 g/mol. The fraction of sp³-hybridized carbons (Fsp3) is 0. The van der Waals surface area contributed by atoms with Crippen molar-refractivity contribution in [3.05, 3.63) is 0 Å². The molecule has 12 heteroatoms. The minimum Gasteiger partial charge on any atom is -0.303 e. The molecule has 0 aromatic heterocycles. The molecule has 0 aliphatic carbocycles. The second-order valence-electron chi connectivity index (χ2n) is 1.03. The molecule has 0 unspecified atom stereocenters. The molecule has 0 atom stereocenters. The zero-order valence-electron chi connectivity index (χ0n) is 5.10. The summed E-state index contributed by atoms with van der Waals surface area (Å²) in [5.74, 6) is 0. The summed E-state index contributed by atoms with van der Waals surface area (Å²) in [5, 5.41) is 0. The smallest absolute Gasteiger partial charge is 0.303 e. The molecule has 0 fully saturated rings. The SMILES string of the molecule is O=P(O)(O)O.O=P(O)(O)O.[Fe].[Fe]. The molecule has 0 heterocycles. The number of hydrogen-bond acceptors (Lipinski definition) is 2. The molecule has 0 saturated heterocycles. The van der Waals surface area contributed by atoms with Crippen molar-refractivity contribution in [1.29, 1.82) is 0 Å². The second kappa shape index (κ2) is 8.84. The minimum atomic E-state index is -4.64. The number of phosphoric acid groups is 2. The van der Waals surface area contributed by atoms with E-state index in [9.17, 15) is 0 Å². The molecule has 0 saturated carbocycles. The fourth-order valence-corrected chi connectivity index (χ4v) is 0. The van der Waals surface area contributed by atoms with E-state index in [-0.39, 0.29) is 34.1 Å². The zero-order chi connectivity index (χ0) is 9.00. The Balaban J connectivity index is -0.0000000457. The van der Waals surface area contributed by atoms with Gasteiger partial charge in [-0.1, -0.05) is 0 Å². The van der Waals surface area contributed by atoms with Gasteiger partial charge in [0.1, 0.15) is 0 Å². The molecule has 0 aromatic carbocycles. The van der Waals surface area contributed by atoms with Gasteiger partial charge in [-0.2, -0.15) is 0 Å². The molecule has 0 aromatic rings. The Morgan fingerprint density at radius 3 is 0.583 bits per heavy atom. The summed E-state index contributed by atoms with van der Waals surface area (Å²) < 4.78 is 17.8. The standard InChI is InChI=1S/2Fe.2H3O4P/c;;2*1-5(2,3)4/h;;2*(H3,1,2,3,4). The first kappa shape index (κ1) is 23.2. The van der Waals surface area contributed by atoms with Crippen LogP contribution in [0.1, 0.15) is 0 Å². The molecular formula is H6Fe2O8P2. The molecule has 0 radical (unpaired) electrons. The van der Waals surface area contributed by atoms with Crippen molar-refractivity contribution in [3.8, 4) is 0 Å². The van der Waals surface area contributed by atoms with Crippen LogP contribution in [0.5, 0.6) is 0 Å². The van der Waals surface area contributed by atoms with Crippen molar-refractivity contribution in [3.63, 3.8) is 0 Å². The normalized spacial score (nSPS) is 9.83. The van der Waals surface area contributed by atoms with Gasteiger partial charge in [0.2, 0.25) is 0 Å². The molecule has 0 aliphatic rings. The van der Waals surface area contributed by atoms with Crippen LogP contribution in [0, 0.1) is 0 Å². The molecule has 80 valence electrons. The molecule has 0 aliphatic heterocycles. The molecule has 0 rings (SSSR count). The second-order valence-corrected chi connectivity index (χ2v) is 3.08. The van der Waals surface area contributed by atoms with Gasteiger partial charge < -0.3 is 29.4 Å². The van der Waals surface area contributed by atoms with Gasteiger partial charge in [0.15, 0.2) is 0 Å². The molecular weight excluding hydrogens is 302 g/mol. The summed E-state index contributed by atoms with van der Waals surface area (Å²) in [5.41, 5.74) is 0. The van der Waals surface area contributed by atoms with Crippen LogP contribution >= 0.6 is 15.6 Å². The Bertz CT molecular complexity index is 127. The Labute approximate surface area is 88.4 Å². The van der Waals surface area contributed by atoms with Crippen LogP contribution in [0.3, 0.4) is 0 Å². The quantitative estimate of drug-likeness (QED) is 0.225. The van der Waals surface area contributed by atoms with Crippen molar-refractivity contribution < 1.29 is 72.6 Å². The summed E-state index contributed by atoms with van der Waals surface area (Å²) in [6.45, 7) is 0.